The van der Waals surface area contributed by atoms with Crippen LogP contribution in [0.25, 0.3) is 0 Å². The maximum absolute atomic E-state index is 12.0. The average Bonchev–Trinajstić information content (AvgIpc) is 2.64. The highest BCUT2D eigenvalue weighted by molar-refractivity contribution is 5.94. The number of hydrogen-bond donors (Lipinski definition) is 2. The molecule has 0 aromatic heterocycles. The minimum absolute atomic E-state index is 0.0806. The molecule has 0 bridgehead atoms. The van der Waals surface area contributed by atoms with Crippen molar-refractivity contribution in [2.24, 2.45) is 0 Å². The van der Waals surface area contributed by atoms with Crippen LogP contribution >= 0.6 is 0 Å². The highest BCUT2D eigenvalue weighted by Crippen LogP contribution is 2.09. The molecule has 2 amide bonds. The number of carboxylic acid groups (broad SMARTS) is 1. The van der Waals surface area contributed by atoms with E-state index < -0.39 is 5.97 Å². The lowest BCUT2D eigenvalue weighted by molar-refractivity contribution is -0.121. The van der Waals surface area contributed by atoms with Crippen molar-refractivity contribution in [3.8, 4) is 0 Å². The number of nitrogens with zero attached hydrogens (tertiary/aromatic N) is 1. The molecule has 26 heavy (non-hydrogen) atoms. The topological polar surface area (TPSA) is 86.7 Å². The standard InChI is InChI=1S/C20H22N2O4/c1-22(2)19(24)17-5-3-4-15(12-17)13-21-18(23)11-8-14-6-9-16(10-7-14)20(25)26/h3-7,9-10,12H,8,11,13H2,1-2H3,(H,21,23)(H,25,26). The highest BCUT2D eigenvalue weighted by atomic mass is 16.4. The average molecular weight is 354 g/mol. The second-order valence-electron chi connectivity index (χ2n) is 6.18. The van der Waals surface area contributed by atoms with Gasteiger partial charge in [0.2, 0.25) is 5.91 Å². The van der Waals surface area contributed by atoms with Crippen molar-refractivity contribution in [3.05, 3.63) is 70.8 Å². The zero-order chi connectivity index (χ0) is 19.1. The van der Waals surface area contributed by atoms with Crippen LogP contribution in [0.3, 0.4) is 0 Å². The van der Waals surface area contributed by atoms with E-state index >= 15 is 0 Å². The molecule has 0 saturated carbocycles. The molecule has 0 fully saturated rings. The molecule has 0 aliphatic rings. The molecule has 136 valence electrons. The van der Waals surface area contributed by atoms with Gasteiger partial charge in [-0.3, -0.25) is 9.59 Å². The van der Waals surface area contributed by atoms with E-state index in [2.05, 4.69) is 5.32 Å². The number of carbonyl (C=O) groups is 3. The van der Waals surface area contributed by atoms with Crippen LogP contribution in [0.15, 0.2) is 48.5 Å². The zero-order valence-electron chi connectivity index (χ0n) is 14.9. The first-order valence-corrected chi connectivity index (χ1v) is 8.26. The summed E-state index contributed by atoms with van der Waals surface area (Å²) in [6.07, 6.45) is 0.841. The van der Waals surface area contributed by atoms with Crippen molar-refractivity contribution in [2.75, 3.05) is 14.1 Å². The lowest BCUT2D eigenvalue weighted by Gasteiger charge is -2.11. The highest BCUT2D eigenvalue weighted by Gasteiger charge is 2.09. The molecule has 0 aliphatic heterocycles. The Bertz CT molecular complexity index is 798. The third kappa shape index (κ3) is 5.44. The van der Waals surface area contributed by atoms with Crippen molar-refractivity contribution in [2.45, 2.75) is 19.4 Å². The van der Waals surface area contributed by atoms with E-state index in [9.17, 15) is 14.4 Å². The van der Waals surface area contributed by atoms with E-state index in [-0.39, 0.29) is 17.4 Å². The third-order valence-corrected chi connectivity index (χ3v) is 3.91. The summed E-state index contributed by atoms with van der Waals surface area (Å²) in [5, 5.41) is 11.7. The lowest BCUT2D eigenvalue weighted by atomic mass is 10.1. The molecule has 2 aromatic carbocycles. The molecular formula is C20H22N2O4. The van der Waals surface area contributed by atoms with E-state index in [0.29, 0.717) is 24.9 Å². The Morgan fingerprint density at radius 3 is 2.27 bits per heavy atom. The van der Waals surface area contributed by atoms with Crippen LogP contribution in [0.1, 0.15) is 38.3 Å². The van der Waals surface area contributed by atoms with Gasteiger partial charge >= 0.3 is 5.97 Å². The van der Waals surface area contributed by atoms with Gasteiger partial charge in [-0.25, -0.2) is 4.79 Å². The maximum atomic E-state index is 12.0. The monoisotopic (exact) mass is 354 g/mol. The van der Waals surface area contributed by atoms with E-state index in [1.807, 2.05) is 6.07 Å². The Balaban J connectivity index is 1.84. The van der Waals surface area contributed by atoms with Gasteiger partial charge in [-0.15, -0.1) is 0 Å². The Morgan fingerprint density at radius 1 is 0.962 bits per heavy atom. The van der Waals surface area contributed by atoms with Crippen LogP contribution in [0.2, 0.25) is 0 Å². The summed E-state index contributed by atoms with van der Waals surface area (Å²) in [5.41, 5.74) is 2.58. The van der Waals surface area contributed by atoms with E-state index in [4.69, 9.17) is 5.11 Å². The molecule has 0 radical (unpaired) electrons. The Hall–Kier alpha value is -3.15. The van der Waals surface area contributed by atoms with Gasteiger partial charge in [-0.1, -0.05) is 24.3 Å². The second kappa shape index (κ2) is 8.80. The molecule has 6 heteroatoms. The Labute approximate surface area is 152 Å². The smallest absolute Gasteiger partial charge is 0.335 e. The van der Waals surface area contributed by atoms with Gasteiger partial charge in [0.1, 0.15) is 0 Å². The molecule has 0 saturated heterocycles. The lowest BCUT2D eigenvalue weighted by Crippen LogP contribution is -2.24. The fourth-order valence-electron chi connectivity index (χ4n) is 2.43. The number of aromatic carboxylic acids is 1. The fraction of sp³-hybridized carbons (Fsp3) is 0.250. The number of nitrogens with one attached hydrogen (secondary N) is 1. The van der Waals surface area contributed by atoms with Gasteiger partial charge in [0.25, 0.3) is 5.91 Å². The SMILES string of the molecule is CN(C)C(=O)c1cccc(CNC(=O)CCc2ccc(C(=O)O)cc2)c1. The van der Waals surface area contributed by atoms with Crippen LogP contribution < -0.4 is 5.32 Å². The molecule has 6 nitrogen and oxygen atoms in total. The van der Waals surface area contributed by atoms with Crippen molar-refractivity contribution >= 4 is 17.8 Å². The van der Waals surface area contributed by atoms with Crippen LogP contribution in [-0.2, 0) is 17.8 Å². The predicted octanol–water partition coefficient (Wildman–Crippen LogP) is 2.34. The molecule has 0 atom stereocenters. The molecule has 0 heterocycles. The van der Waals surface area contributed by atoms with Crippen molar-refractivity contribution in [1.82, 2.24) is 10.2 Å². The van der Waals surface area contributed by atoms with Crippen molar-refractivity contribution < 1.29 is 19.5 Å². The summed E-state index contributed by atoms with van der Waals surface area (Å²) in [6.45, 7) is 0.353. The second-order valence-corrected chi connectivity index (χ2v) is 6.18. The number of carbonyl (C=O) groups excluding carboxylic acids is 2. The van der Waals surface area contributed by atoms with Gasteiger partial charge in [0.05, 0.1) is 5.56 Å². The zero-order valence-corrected chi connectivity index (χ0v) is 14.9. The van der Waals surface area contributed by atoms with E-state index in [1.165, 1.54) is 17.0 Å². The van der Waals surface area contributed by atoms with E-state index in [0.717, 1.165) is 11.1 Å². The number of rotatable bonds is 7. The summed E-state index contributed by atoms with van der Waals surface area (Å²) in [5.74, 6) is -1.15. The van der Waals surface area contributed by atoms with Gasteiger partial charge in [-0.05, 0) is 41.8 Å². The first-order chi connectivity index (χ1) is 12.4. The minimum Gasteiger partial charge on any atom is -0.478 e. The summed E-state index contributed by atoms with van der Waals surface area (Å²) < 4.78 is 0. The van der Waals surface area contributed by atoms with Crippen LogP contribution in [0.5, 0.6) is 0 Å². The normalized spacial score (nSPS) is 10.2. The quantitative estimate of drug-likeness (QED) is 0.799. The van der Waals surface area contributed by atoms with Gasteiger partial charge in [0, 0.05) is 32.6 Å². The molecule has 2 aromatic rings. The number of benzene rings is 2. The largest absolute Gasteiger partial charge is 0.478 e. The number of carboxylic acids is 1. The van der Waals surface area contributed by atoms with Crippen LogP contribution in [0, 0.1) is 0 Å². The molecule has 0 spiro atoms. The summed E-state index contributed by atoms with van der Waals surface area (Å²) >= 11 is 0. The first-order valence-electron chi connectivity index (χ1n) is 8.26. The summed E-state index contributed by atoms with van der Waals surface area (Å²) in [4.78, 5) is 36.3. The van der Waals surface area contributed by atoms with Crippen LogP contribution in [0.4, 0.5) is 0 Å². The Morgan fingerprint density at radius 2 is 1.65 bits per heavy atom. The van der Waals surface area contributed by atoms with Crippen LogP contribution in [-0.4, -0.2) is 41.9 Å². The number of amides is 2. The maximum Gasteiger partial charge on any atom is 0.335 e. The molecular weight excluding hydrogens is 332 g/mol. The number of hydrogen-bond acceptors (Lipinski definition) is 3. The molecule has 0 aliphatic carbocycles. The van der Waals surface area contributed by atoms with Gasteiger partial charge < -0.3 is 15.3 Å². The Kier molecular flexibility index (Phi) is 6.49. The molecule has 0 unspecified atom stereocenters. The van der Waals surface area contributed by atoms with Gasteiger partial charge in [-0.2, -0.15) is 0 Å². The van der Waals surface area contributed by atoms with Gasteiger partial charge in [0.15, 0.2) is 0 Å². The summed E-state index contributed by atoms with van der Waals surface area (Å²) in [7, 11) is 3.39. The van der Waals surface area contributed by atoms with E-state index in [1.54, 1.807) is 44.4 Å². The first kappa shape index (κ1) is 19.2. The van der Waals surface area contributed by atoms with Crippen molar-refractivity contribution in [3.63, 3.8) is 0 Å². The fourth-order valence-corrected chi connectivity index (χ4v) is 2.43. The van der Waals surface area contributed by atoms with Crippen molar-refractivity contribution in [1.29, 1.82) is 0 Å². The molecule has 2 rings (SSSR count). The summed E-state index contributed by atoms with van der Waals surface area (Å²) in [6, 6.07) is 13.7. The third-order valence-electron chi connectivity index (χ3n) is 3.91. The molecule has 2 N–H and O–H groups in total. The number of aryl methyl sites for hydroxylation is 1. The minimum atomic E-state index is -0.968. The predicted molar refractivity (Wildman–Crippen MR) is 98.0 cm³/mol.